The quantitative estimate of drug-likeness (QED) is 0.634. The van der Waals surface area contributed by atoms with Gasteiger partial charge in [0.15, 0.2) is 0 Å². The van der Waals surface area contributed by atoms with Crippen molar-refractivity contribution in [2.45, 2.75) is 12.8 Å². The van der Waals surface area contributed by atoms with Crippen molar-refractivity contribution < 1.29 is 5.11 Å². The van der Waals surface area contributed by atoms with Crippen LogP contribution in [0.2, 0.25) is 0 Å². The predicted molar refractivity (Wildman–Crippen MR) is 49.9 cm³/mol. The fraction of sp³-hybridized carbons (Fsp3) is 0.778. The van der Waals surface area contributed by atoms with Crippen LogP contribution < -0.4 is 5.32 Å². The van der Waals surface area contributed by atoms with Gasteiger partial charge in [-0.15, -0.1) is 0 Å². The van der Waals surface area contributed by atoms with Crippen molar-refractivity contribution in [2.24, 2.45) is 0 Å². The maximum absolute atomic E-state index is 8.76. The van der Waals surface area contributed by atoms with E-state index in [4.69, 9.17) is 5.11 Å². The summed E-state index contributed by atoms with van der Waals surface area (Å²) in [4.78, 5) is 2.29. The molecule has 0 saturated heterocycles. The van der Waals surface area contributed by atoms with Gasteiger partial charge in [-0.3, -0.25) is 0 Å². The molecule has 0 atom stereocenters. The molecule has 1 aliphatic rings. The van der Waals surface area contributed by atoms with Crippen molar-refractivity contribution in [3.63, 3.8) is 0 Å². The third kappa shape index (κ3) is 2.83. The van der Waals surface area contributed by atoms with E-state index in [0.717, 1.165) is 32.5 Å². The summed E-state index contributed by atoms with van der Waals surface area (Å²) in [5.74, 6) is 0. The van der Waals surface area contributed by atoms with E-state index in [1.807, 2.05) is 7.05 Å². The first kappa shape index (κ1) is 9.55. The van der Waals surface area contributed by atoms with E-state index in [9.17, 15) is 0 Å². The molecule has 0 radical (unpaired) electrons. The first-order valence-electron chi connectivity index (χ1n) is 4.57. The summed E-state index contributed by atoms with van der Waals surface area (Å²) >= 11 is 0. The van der Waals surface area contributed by atoms with Crippen molar-refractivity contribution in [3.8, 4) is 0 Å². The number of rotatable bonds is 3. The topological polar surface area (TPSA) is 35.5 Å². The van der Waals surface area contributed by atoms with Gasteiger partial charge >= 0.3 is 0 Å². The Balaban J connectivity index is 2.31. The Hall–Kier alpha value is -0.540. The molecule has 0 spiro atoms. The minimum atomic E-state index is 0.273. The number of β-amino-alcohol motifs (C(OH)–C–C–N with tert-alkyl or cyclic N) is 1. The van der Waals surface area contributed by atoms with Crippen molar-refractivity contribution in [1.82, 2.24) is 10.2 Å². The highest BCUT2D eigenvalue weighted by atomic mass is 16.3. The van der Waals surface area contributed by atoms with Crippen LogP contribution in [-0.4, -0.2) is 43.3 Å². The number of hydrogen-bond donors (Lipinski definition) is 2. The lowest BCUT2D eigenvalue weighted by Gasteiger charge is -2.18. The first-order chi connectivity index (χ1) is 5.86. The monoisotopic (exact) mass is 170 g/mol. The molecule has 0 aromatic rings. The van der Waals surface area contributed by atoms with Gasteiger partial charge in [0.25, 0.3) is 0 Å². The van der Waals surface area contributed by atoms with Crippen molar-refractivity contribution in [1.29, 1.82) is 0 Å². The normalized spacial score (nSPS) is 20.0. The maximum atomic E-state index is 8.76. The minimum absolute atomic E-state index is 0.273. The third-order valence-electron chi connectivity index (χ3n) is 2.27. The summed E-state index contributed by atoms with van der Waals surface area (Å²) in [6.45, 7) is 3.22. The van der Waals surface area contributed by atoms with Gasteiger partial charge in [-0.1, -0.05) is 6.08 Å². The van der Waals surface area contributed by atoms with Crippen LogP contribution in [0.1, 0.15) is 12.8 Å². The molecule has 0 aromatic heterocycles. The Morgan fingerprint density at radius 2 is 2.42 bits per heavy atom. The first-order valence-corrected chi connectivity index (χ1v) is 4.57. The van der Waals surface area contributed by atoms with Gasteiger partial charge in [-0.2, -0.15) is 0 Å². The minimum Gasteiger partial charge on any atom is -0.395 e. The number of aliphatic hydroxyl groups is 1. The van der Waals surface area contributed by atoms with Crippen LogP contribution in [0.15, 0.2) is 11.8 Å². The summed E-state index contributed by atoms with van der Waals surface area (Å²) in [6, 6.07) is 0. The van der Waals surface area contributed by atoms with Crippen LogP contribution >= 0.6 is 0 Å². The molecule has 0 fully saturated rings. The van der Waals surface area contributed by atoms with E-state index in [1.54, 1.807) is 0 Å². The molecular weight excluding hydrogens is 152 g/mol. The molecule has 12 heavy (non-hydrogen) atoms. The van der Waals surface area contributed by atoms with Gasteiger partial charge in [0.1, 0.15) is 0 Å². The number of nitrogens with one attached hydrogen (secondary N) is 1. The molecule has 0 saturated carbocycles. The fourth-order valence-electron chi connectivity index (χ4n) is 1.51. The second kappa shape index (κ2) is 5.17. The molecule has 0 amide bonds. The van der Waals surface area contributed by atoms with Crippen LogP contribution in [0, 0.1) is 0 Å². The summed E-state index contributed by atoms with van der Waals surface area (Å²) in [5, 5.41) is 11.9. The van der Waals surface area contributed by atoms with Crippen molar-refractivity contribution in [2.75, 3.05) is 33.3 Å². The Labute approximate surface area is 74.1 Å². The van der Waals surface area contributed by atoms with E-state index in [2.05, 4.69) is 16.3 Å². The molecule has 1 rings (SSSR count). The lowest BCUT2D eigenvalue weighted by molar-refractivity contribution is 0.201. The molecular formula is C9H18N2O. The van der Waals surface area contributed by atoms with Gasteiger partial charge in [0.05, 0.1) is 6.61 Å². The molecule has 0 aromatic carbocycles. The van der Waals surface area contributed by atoms with Gasteiger partial charge in [0.2, 0.25) is 0 Å². The molecule has 0 unspecified atom stereocenters. The Kier molecular flexibility index (Phi) is 4.11. The van der Waals surface area contributed by atoms with Crippen LogP contribution in [0.5, 0.6) is 0 Å². The van der Waals surface area contributed by atoms with Crippen molar-refractivity contribution >= 4 is 0 Å². The molecule has 2 N–H and O–H groups in total. The maximum Gasteiger partial charge on any atom is 0.0558 e. The molecule has 70 valence electrons. The largest absolute Gasteiger partial charge is 0.395 e. The van der Waals surface area contributed by atoms with Crippen molar-refractivity contribution in [3.05, 3.63) is 11.8 Å². The fourth-order valence-corrected chi connectivity index (χ4v) is 1.51. The summed E-state index contributed by atoms with van der Waals surface area (Å²) < 4.78 is 0. The van der Waals surface area contributed by atoms with Crippen LogP contribution in [0.3, 0.4) is 0 Å². The Morgan fingerprint density at radius 1 is 1.58 bits per heavy atom. The zero-order valence-corrected chi connectivity index (χ0v) is 7.71. The molecule has 1 heterocycles. The molecule has 1 aliphatic heterocycles. The molecule has 3 nitrogen and oxygen atoms in total. The van der Waals surface area contributed by atoms with E-state index >= 15 is 0 Å². The lowest BCUT2D eigenvalue weighted by atomic mass is 10.3. The van der Waals surface area contributed by atoms with Gasteiger partial charge < -0.3 is 15.3 Å². The average Bonchev–Trinajstić information content (AvgIpc) is 2.31. The summed E-state index contributed by atoms with van der Waals surface area (Å²) in [5.41, 5.74) is 1.33. The highest BCUT2D eigenvalue weighted by Crippen LogP contribution is 2.07. The zero-order valence-electron chi connectivity index (χ0n) is 7.71. The van der Waals surface area contributed by atoms with Crippen LogP contribution in [-0.2, 0) is 0 Å². The summed E-state index contributed by atoms with van der Waals surface area (Å²) in [6.07, 6.45) is 4.42. The smallest absolute Gasteiger partial charge is 0.0558 e. The summed E-state index contributed by atoms with van der Waals surface area (Å²) in [7, 11) is 1.97. The van der Waals surface area contributed by atoms with E-state index in [0.29, 0.717) is 0 Å². The zero-order chi connectivity index (χ0) is 8.81. The molecule has 0 aliphatic carbocycles. The van der Waals surface area contributed by atoms with Crippen LogP contribution in [0.4, 0.5) is 0 Å². The van der Waals surface area contributed by atoms with E-state index in [1.165, 1.54) is 5.70 Å². The highest BCUT2D eigenvalue weighted by molar-refractivity contribution is 5.01. The van der Waals surface area contributed by atoms with Gasteiger partial charge in [-0.05, 0) is 12.8 Å². The molecule has 0 bridgehead atoms. The highest BCUT2D eigenvalue weighted by Gasteiger charge is 2.07. The lowest BCUT2D eigenvalue weighted by Crippen LogP contribution is -2.28. The Morgan fingerprint density at radius 3 is 3.08 bits per heavy atom. The Bertz CT molecular complexity index is 157. The number of nitrogens with zero attached hydrogens (tertiary/aromatic N) is 1. The predicted octanol–water partition coefficient (Wildman–Crippen LogP) is 0.178. The second-order valence-corrected chi connectivity index (χ2v) is 3.08. The average molecular weight is 170 g/mol. The van der Waals surface area contributed by atoms with E-state index in [-0.39, 0.29) is 6.61 Å². The molecule has 3 heteroatoms. The van der Waals surface area contributed by atoms with Gasteiger partial charge in [0, 0.05) is 32.4 Å². The number of hydrogen-bond acceptors (Lipinski definition) is 3. The second-order valence-electron chi connectivity index (χ2n) is 3.08. The standard InChI is InChI=1S/C9H18N2O/c1-10-9-3-2-5-11(6-4-9)7-8-12/h3,10,12H,2,4-8H2,1H3. The SMILES string of the molecule is CNC1=CCCN(CCO)CC1. The van der Waals surface area contributed by atoms with E-state index < -0.39 is 0 Å². The third-order valence-corrected chi connectivity index (χ3v) is 2.27. The van der Waals surface area contributed by atoms with Gasteiger partial charge in [-0.25, -0.2) is 0 Å². The van der Waals surface area contributed by atoms with Crippen LogP contribution in [0.25, 0.3) is 0 Å². The number of aliphatic hydroxyl groups excluding tert-OH is 1.